The molecule has 4 N–H and O–H groups in total. The summed E-state index contributed by atoms with van der Waals surface area (Å²) < 4.78 is 5.65. The van der Waals surface area contributed by atoms with E-state index in [1.165, 1.54) is 64.5 Å². The number of para-hydroxylation sites is 1. The molecule has 1 atom stereocenters. The lowest BCUT2D eigenvalue weighted by Crippen LogP contribution is -2.58. The Morgan fingerprint density at radius 2 is 1.55 bits per heavy atom. The maximum Gasteiger partial charge on any atom is 0.414 e. The molecular weight excluding hydrogens is 400 g/mol. The van der Waals surface area contributed by atoms with Gasteiger partial charge >= 0.3 is 11.9 Å². The lowest BCUT2D eigenvalue weighted by Gasteiger charge is -2.48. The van der Waals surface area contributed by atoms with Crippen molar-refractivity contribution in [2.75, 3.05) is 32.8 Å². The minimum atomic E-state index is -1.82. The second-order valence-electron chi connectivity index (χ2n) is 8.35. The molecule has 0 bridgehead atoms. The van der Waals surface area contributed by atoms with Crippen molar-refractivity contribution >= 4 is 11.9 Å². The van der Waals surface area contributed by atoms with E-state index < -0.39 is 18.0 Å². The number of aliphatic carboxylic acids is 2. The van der Waals surface area contributed by atoms with Gasteiger partial charge in [0.15, 0.2) is 0 Å². The molecule has 1 aliphatic carbocycles. The Balaban J connectivity index is 0.000000501. The molecule has 0 radical (unpaired) electrons. The lowest BCUT2D eigenvalue weighted by molar-refractivity contribution is -0.159. The van der Waals surface area contributed by atoms with E-state index in [1.807, 2.05) is 30.3 Å². The first-order chi connectivity index (χ1) is 14.9. The summed E-state index contributed by atoms with van der Waals surface area (Å²) in [5.74, 6) is -2.83. The van der Waals surface area contributed by atoms with Crippen LogP contribution in [0.2, 0.25) is 0 Å². The van der Waals surface area contributed by atoms with Crippen molar-refractivity contribution in [1.29, 1.82) is 0 Å². The maximum absolute atomic E-state index is 10.2. The van der Waals surface area contributed by atoms with Crippen LogP contribution in [-0.4, -0.2) is 76.6 Å². The molecule has 1 saturated heterocycles. The van der Waals surface area contributed by atoms with Crippen molar-refractivity contribution in [1.82, 2.24) is 10.2 Å². The second kappa shape index (κ2) is 13.3. The smallest absolute Gasteiger partial charge is 0.414 e. The van der Waals surface area contributed by atoms with Gasteiger partial charge in [0.25, 0.3) is 0 Å². The molecule has 1 aromatic rings. The van der Waals surface area contributed by atoms with Gasteiger partial charge in [-0.25, -0.2) is 9.59 Å². The van der Waals surface area contributed by atoms with E-state index in [1.54, 1.807) is 0 Å². The molecular formula is C23H36N2O6. The molecule has 8 nitrogen and oxygen atoms in total. The van der Waals surface area contributed by atoms with E-state index in [0.717, 1.165) is 12.3 Å². The molecule has 174 valence electrons. The quantitative estimate of drug-likeness (QED) is 0.459. The monoisotopic (exact) mass is 436 g/mol. The molecule has 2 fully saturated rings. The number of hydrogen-bond donors (Lipinski definition) is 4. The fourth-order valence-corrected chi connectivity index (χ4v) is 4.42. The van der Waals surface area contributed by atoms with Crippen molar-refractivity contribution in [3.8, 4) is 5.75 Å². The Morgan fingerprint density at radius 3 is 2.13 bits per heavy atom. The summed E-state index contributed by atoms with van der Waals surface area (Å²) in [5, 5.41) is 28.6. The van der Waals surface area contributed by atoms with Gasteiger partial charge in [0.1, 0.15) is 18.5 Å². The van der Waals surface area contributed by atoms with Crippen molar-refractivity contribution in [2.24, 2.45) is 0 Å². The highest BCUT2D eigenvalue weighted by Gasteiger charge is 2.37. The predicted octanol–water partition coefficient (Wildman–Crippen LogP) is 2.36. The highest BCUT2D eigenvalue weighted by atomic mass is 16.5. The van der Waals surface area contributed by atoms with Crippen LogP contribution in [0.1, 0.15) is 51.4 Å². The summed E-state index contributed by atoms with van der Waals surface area (Å²) in [6.07, 6.45) is 10.3. The van der Waals surface area contributed by atoms with Gasteiger partial charge in [0.2, 0.25) is 0 Å². The molecule has 0 spiro atoms. The molecule has 1 heterocycles. The largest absolute Gasteiger partial charge is 0.491 e. The van der Waals surface area contributed by atoms with Crippen molar-refractivity contribution < 1.29 is 29.6 Å². The minimum absolute atomic E-state index is 0.318. The summed E-state index contributed by atoms with van der Waals surface area (Å²) >= 11 is 0. The lowest BCUT2D eigenvalue weighted by atomic mass is 9.79. The second-order valence-corrected chi connectivity index (χ2v) is 8.35. The third kappa shape index (κ3) is 8.85. The Morgan fingerprint density at radius 1 is 0.968 bits per heavy atom. The molecule has 1 saturated carbocycles. The Hall–Kier alpha value is -2.16. The molecule has 8 heteroatoms. The van der Waals surface area contributed by atoms with Crippen LogP contribution < -0.4 is 10.1 Å². The first-order valence-electron chi connectivity index (χ1n) is 11.2. The van der Waals surface area contributed by atoms with Crippen molar-refractivity contribution in [3.05, 3.63) is 30.3 Å². The number of carboxylic acids is 2. The van der Waals surface area contributed by atoms with Crippen LogP contribution in [0.3, 0.4) is 0 Å². The van der Waals surface area contributed by atoms with Crippen molar-refractivity contribution in [2.45, 2.75) is 63.0 Å². The zero-order chi connectivity index (χ0) is 22.5. The Kier molecular flexibility index (Phi) is 10.8. The zero-order valence-corrected chi connectivity index (χ0v) is 18.2. The number of benzene rings is 1. The third-order valence-corrected chi connectivity index (χ3v) is 6.01. The van der Waals surface area contributed by atoms with Crippen LogP contribution in [0.25, 0.3) is 0 Å². The van der Waals surface area contributed by atoms with Crippen LogP contribution in [0.4, 0.5) is 0 Å². The topological polar surface area (TPSA) is 119 Å². The average Bonchev–Trinajstić information content (AvgIpc) is 2.80. The number of aliphatic hydroxyl groups excluding tert-OH is 1. The van der Waals surface area contributed by atoms with Gasteiger partial charge in [-0.3, -0.25) is 4.90 Å². The van der Waals surface area contributed by atoms with Crippen LogP contribution in [-0.2, 0) is 9.59 Å². The normalized spacial score (nSPS) is 19.5. The summed E-state index contributed by atoms with van der Waals surface area (Å²) in [6, 6.07) is 9.72. The average molecular weight is 437 g/mol. The predicted molar refractivity (Wildman–Crippen MR) is 117 cm³/mol. The van der Waals surface area contributed by atoms with Gasteiger partial charge in [0.05, 0.1) is 0 Å². The molecule has 1 aliphatic heterocycles. The first kappa shape index (κ1) is 25.1. The van der Waals surface area contributed by atoms with Crippen LogP contribution in [0, 0.1) is 0 Å². The van der Waals surface area contributed by atoms with Gasteiger partial charge in [-0.05, 0) is 50.9 Å². The van der Waals surface area contributed by atoms with E-state index in [4.69, 9.17) is 24.5 Å². The van der Waals surface area contributed by atoms with Crippen LogP contribution >= 0.6 is 0 Å². The van der Waals surface area contributed by atoms with Crippen LogP contribution in [0.15, 0.2) is 30.3 Å². The van der Waals surface area contributed by atoms with Gasteiger partial charge < -0.3 is 25.4 Å². The fourth-order valence-electron chi connectivity index (χ4n) is 4.42. The standard InChI is InChI=1S/C21H34N2O2.C2H2O4/c24-19(17-25-20-10-4-1-5-11-20)16-22-18-21(12-6-2-7-13-21)23-14-8-3-9-15-23;3-1(4)2(5)6/h1,4-5,10-11,19,22,24H,2-3,6-9,12-18H2;(H,3,4)(H,5,6). The maximum atomic E-state index is 10.2. The Labute approximate surface area is 184 Å². The highest BCUT2D eigenvalue weighted by Crippen LogP contribution is 2.35. The highest BCUT2D eigenvalue weighted by molar-refractivity contribution is 6.27. The van der Waals surface area contributed by atoms with Crippen LogP contribution in [0.5, 0.6) is 5.75 Å². The zero-order valence-electron chi connectivity index (χ0n) is 18.2. The molecule has 2 aliphatic rings. The van der Waals surface area contributed by atoms with Gasteiger partial charge in [-0.1, -0.05) is 43.9 Å². The number of nitrogens with one attached hydrogen (secondary N) is 1. The summed E-state index contributed by atoms with van der Waals surface area (Å²) in [7, 11) is 0. The summed E-state index contributed by atoms with van der Waals surface area (Å²) in [5.41, 5.74) is 0.318. The number of carboxylic acid groups (broad SMARTS) is 2. The first-order valence-corrected chi connectivity index (χ1v) is 11.2. The molecule has 1 aromatic carbocycles. The van der Waals surface area contributed by atoms with Gasteiger partial charge in [-0.2, -0.15) is 0 Å². The van der Waals surface area contributed by atoms with Crippen molar-refractivity contribution in [3.63, 3.8) is 0 Å². The molecule has 0 aromatic heterocycles. The number of rotatable bonds is 8. The number of nitrogens with zero attached hydrogens (tertiary/aromatic N) is 1. The minimum Gasteiger partial charge on any atom is -0.491 e. The molecule has 1 unspecified atom stereocenters. The summed E-state index contributed by atoms with van der Waals surface area (Å²) in [6.45, 7) is 4.44. The van der Waals surface area contributed by atoms with E-state index in [-0.39, 0.29) is 0 Å². The molecule has 3 rings (SSSR count). The van der Waals surface area contributed by atoms with E-state index in [9.17, 15) is 5.11 Å². The number of aliphatic hydroxyl groups is 1. The number of piperidine rings is 1. The van der Waals surface area contributed by atoms with E-state index in [0.29, 0.717) is 18.7 Å². The number of carbonyl (C=O) groups is 2. The van der Waals surface area contributed by atoms with Gasteiger partial charge in [0, 0.05) is 18.6 Å². The number of ether oxygens (including phenoxy) is 1. The Bertz CT molecular complexity index is 645. The number of likely N-dealkylation sites (tertiary alicyclic amines) is 1. The van der Waals surface area contributed by atoms with E-state index in [2.05, 4.69) is 10.2 Å². The van der Waals surface area contributed by atoms with Gasteiger partial charge in [-0.15, -0.1) is 0 Å². The SMILES string of the molecule is O=C(O)C(=O)O.OC(CNCC1(N2CCCCC2)CCCCC1)COc1ccccc1. The number of hydrogen-bond acceptors (Lipinski definition) is 6. The molecule has 0 amide bonds. The fraction of sp³-hybridized carbons (Fsp3) is 0.652. The summed E-state index contributed by atoms with van der Waals surface area (Å²) in [4.78, 5) is 20.9. The van der Waals surface area contributed by atoms with E-state index >= 15 is 0 Å². The molecule has 31 heavy (non-hydrogen) atoms. The third-order valence-electron chi connectivity index (χ3n) is 6.01.